The first kappa shape index (κ1) is 66.8. The normalized spacial score (nSPS) is 16.5. The number of rotatable bonds is 40. The summed E-state index contributed by atoms with van der Waals surface area (Å²) in [6.07, 6.45) is 2.79. The number of aryl methyl sites for hydroxylation is 1. The van der Waals surface area contributed by atoms with Crippen LogP contribution >= 0.6 is 21.6 Å². The van der Waals surface area contributed by atoms with Gasteiger partial charge in [0.2, 0.25) is 5.91 Å². The highest BCUT2D eigenvalue weighted by molar-refractivity contribution is 8.77. The minimum absolute atomic E-state index is 0.00516. The number of nitrogens with zero attached hydrogens (tertiary/aromatic N) is 2. The third-order valence-electron chi connectivity index (χ3n) is 14.9. The van der Waals surface area contributed by atoms with Crippen LogP contribution in [-0.4, -0.2) is 163 Å². The van der Waals surface area contributed by atoms with E-state index >= 15 is 4.39 Å². The fourth-order valence-electron chi connectivity index (χ4n) is 9.78. The van der Waals surface area contributed by atoms with Crippen molar-refractivity contribution in [3.8, 4) is 11.4 Å². The Morgan fingerprint density at radius 1 is 0.810 bits per heavy atom. The van der Waals surface area contributed by atoms with Gasteiger partial charge in [0, 0.05) is 51.8 Å². The molecule has 2 aromatic heterocycles. The molecule has 3 atom stereocenters. The second kappa shape index (κ2) is 34.0. The van der Waals surface area contributed by atoms with Crippen molar-refractivity contribution in [1.29, 1.82) is 0 Å². The maximum absolute atomic E-state index is 15.4. The molecule has 0 radical (unpaired) electrons. The Morgan fingerprint density at radius 3 is 1.93 bits per heavy atom. The van der Waals surface area contributed by atoms with Crippen LogP contribution in [0.5, 0.6) is 0 Å². The number of hydrogen-bond donors (Lipinski definition) is 3. The van der Waals surface area contributed by atoms with Gasteiger partial charge in [0.25, 0.3) is 5.56 Å². The van der Waals surface area contributed by atoms with Gasteiger partial charge in [-0.25, -0.2) is 19.0 Å². The lowest BCUT2D eigenvalue weighted by atomic mass is 9.81. The molecule has 0 bridgehead atoms. The number of aliphatic hydroxyl groups is 1. The molecule has 2 amide bonds. The fraction of sp³-hybridized carbons (Fsp3) is 0.623. The molecule has 464 valence electrons. The Balaban J connectivity index is 0.696. The van der Waals surface area contributed by atoms with E-state index < -0.39 is 35.1 Å². The van der Waals surface area contributed by atoms with Crippen molar-refractivity contribution < 1.29 is 76.0 Å². The van der Waals surface area contributed by atoms with Crippen LogP contribution < -0.4 is 16.2 Å². The molecule has 0 spiro atoms. The highest BCUT2D eigenvalue weighted by atomic mass is 33.1. The van der Waals surface area contributed by atoms with Gasteiger partial charge in [-0.1, -0.05) is 60.9 Å². The van der Waals surface area contributed by atoms with Crippen molar-refractivity contribution in [3.63, 3.8) is 0 Å². The van der Waals surface area contributed by atoms with E-state index in [4.69, 9.17) is 57.1 Å². The molecule has 1 aliphatic carbocycles. The van der Waals surface area contributed by atoms with Crippen molar-refractivity contribution in [3.05, 3.63) is 91.5 Å². The van der Waals surface area contributed by atoms with E-state index in [1.54, 1.807) is 41.5 Å². The summed E-state index contributed by atoms with van der Waals surface area (Å²) in [5, 5.41) is 18.2. The predicted molar refractivity (Wildman–Crippen MR) is 317 cm³/mol. The van der Waals surface area contributed by atoms with Crippen LogP contribution in [0.2, 0.25) is 0 Å². The smallest absolute Gasteiger partial charge is 0.407 e. The van der Waals surface area contributed by atoms with Gasteiger partial charge >= 0.3 is 12.1 Å². The first-order valence-electron chi connectivity index (χ1n) is 29.3. The molecule has 20 nitrogen and oxygen atoms in total. The number of carbonyl (C=O) groups excluding carboxylic acids is 3. The first-order valence-corrected chi connectivity index (χ1v) is 31.4. The molecule has 84 heavy (non-hydrogen) atoms. The highest BCUT2D eigenvalue weighted by Gasteiger charge is 2.46. The largest absolute Gasteiger partial charge is 0.458 e. The molecular weight excluding hydrogens is 1130 g/mol. The molecule has 0 saturated heterocycles. The summed E-state index contributed by atoms with van der Waals surface area (Å²) in [5.74, 6) is -0.633. The quantitative estimate of drug-likeness (QED) is 0.0191. The number of alkyl carbamates (subject to hydrolysis) is 1. The van der Waals surface area contributed by atoms with Crippen LogP contribution in [0.3, 0.4) is 0 Å². The Hall–Kier alpha value is -4.76. The number of cyclic esters (lactones) is 1. The summed E-state index contributed by atoms with van der Waals surface area (Å²) in [6, 6.07) is 10.1. The van der Waals surface area contributed by atoms with Crippen LogP contribution in [0, 0.1) is 18.7 Å². The van der Waals surface area contributed by atoms with Gasteiger partial charge in [-0.2, -0.15) is 0 Å². The number of halogens is 1. The standard InChI is InChI=1S/C61H85FN4O16S2/c1-7-41(3)15-17-72-19-21-74-23-25-76-27-29-78-31-33-80-34-32-79-30-28-77-26-24-75-22-20-73-18-16-53(67)63-40-60(5,6)84-83-44-11-9-43(10-12-44)38-82-59(70)65-50-14-13-45-42(4)49(62)36-51-54(45)55(50)46-37-66-52(56(46)64-51)35-48-47(57(66)68)39-81-58(69)61(48,71)8-2/h9-12,35-36,41,50,71H,7-8,13-34,37-40H2,1-6H3,(H,63,67)(H,65,70)/t41?,50-,61-/m0/s1. The van der Waals surface area contributed by atoms with E-state index in [0.29, 0.717) is 159 Å². The molecule has 0 saturated carbocycles. The third kappa shape index (κ3) is 19.1. The lowest BCUT2D eigenvalue weighted by Crippen LogP contribution is -2.44. The molecule has 0 fully saturated rings. The zero-order chi connectivity index (χ0) is 59.9. The first-order chi connectivity index (χ1) is 40.6. The maximum atomic E-state index is 15.4. The summed E-state index contributed by atoms with van der Waals surface area (Å²) in [6.45, 7) is 21.0. The van der Waals surface area contributed by atoms with Crippen molar-refractivity contribution in [2.45, 2.75) is 121 Å². The number of pyridine rings is 2. The van der Waals surface area contributed by atoms with Gasteiger partial charge in [0.05, 0.1) is 147 Å². The van der Waals surface area contributed by atoms with E-state index in [0.717, 1.165) is 40.0 Å². The second-order valence-corrected chi connectivity index (χ2v) is 24.4. The molecular formula is C61H85FN4O16S2. The van der Waals surface area contributed by atoms with E-state index in [9.17, 15) is 24.3 Å². The van der Waals surface area contributed by atoms with Crippen molar-refractivity contribution in [2.24, 2.45) is 5.92 Å². The Kier molecular flexibility index (Phi) is 27.0. The summed E-state index contributed by atoms with van der Waals surface area (Å²) in [7, 11) is 3.21. The summed E-state index contributed by atoms with van der Waals surface area (Å²) in [5.41, 5.74) is 2.66. The molecule has 23 heteroatoms. The molecule has 2 aromatic carbocycles. The maximum Gasteiger partial charge on any atom is 0.407 e. The van der Waals surface area contributed by atoms with Crippen LogP contribution in [0.4, 0.5) is 9.18 Å². The van der Waals surface area contributed by atoms with Gasteiger partial charge in [-0.3, -0.25) is 9.59 Å². The summed E-state index contributed by atoms with van der Waals surface area (Å²) < 4.78 is 77.5. The summed E-state index contributed by atoms with van der Waals surface area (Å²) >= 11 is 0. The van der Waals surface area contributed by atoms with Gasteiger partial charge < -0.3 is 72.4 Å². The molecule has 1 unspecified atom stereocenters. The number of nitrogens with one attached hydrogen (secondary N) is 2. The number of fused-ring (bicyclic) bond motifs is 5. The van der Waals surface area contributed by atoms with Crippen molar-refractivity contribution in [1.82, 2.24) is 20.2 Å². The minimum atomic E-state index is -2.00. The lowest BCUT2D eigenvalue weighted by molar-refractivity contribution is -0.172. The predicted octanol–water partition coefficient (Wildman–Crippen LogP) is 8.05. The lowest BCUT2D eigenvalue weighted by Gasteiger charge is -2.31. The van der Waals surface area contributed by atoms with Gasteiger partial charge in [-0.05, 0) is 92.8 Å². The zero-order valence-corrected chi connectivity index (χ0v) is 51.2. The number of ether oxygens (including phenoxy) is 11. The highest BCUT2D eigenvalue weighted by Crippen LogP contribution is 2.46. The Morgan fingerprint density at radius 2 is 1.37 bits per heavy atom. The topological polar surface area (TPSA) is 232 Å². The average molecular weight is 1210 g/mol. The van der Waals surface area contributed by atoms with Crippen LogP contribution in [0.15, 0.2) is 46.1 Å². The number of esters is 1. The zero-order valence-electron chi connectivity index (χ0n) is 49.6. The Bertz CT molecular complexity index is 2840. The monoisotopic (exact) mass is 1210 g/mol. The van der Waals surface area contributed by atoms with E-state index in [1.807, 2.05) is 24.3 Å². The minimum Gasteiger partial charge on any atom is -0.458 e. The van der Waals surface area contributed by atoms with E-state index in [2.05, 4.69) is 38.3 Å². The second-order valence-electron chi connectivity index (χ2n) is 21.5. The molecule has 7 rings (SSSR count). The van der Waals surface area contributed by atoms with Crippen LogP contribution in [0.25, 0.3) is 22.3 Å². The number of aromatic nitrogens is 2. The molecule has 3 aliphatic rings. The van der Waals surface area contributed by atoms with Crippen molar-refractivity contribution in [2.75, 3.05) is 125 Å². The number of carbonyl (C=O) groups is 3. The number of amides is 2. The molecule has 2 aliphatic heterocycles. The SMILES string of the molecule is CCC(C)CCOCCOCCOCCOCCOCCOCCOCCOCCOCCC(=O)NCC(C)(C)SSc1ccc(COC(=O)N[C@H]2CCc3c(C)c(F)cc4nc5c(c2c34)Cn2c-5cc3c(c2=O)COC(=O)[C@]3(O)CC)cc1. The number of benzene rings is 2. The molecule has 4 heterocycles. The van der Waals surface area contributed by atoms with Crippen LogP contribution in [-0.2, 0) is 93.5 Å². The van der Waals surface area contributed by atoms with Crippen molar-refractivity contribution >= 4 is 50.5 Å². The van der Waals surface area contributed by atoms with E-state index in [1.165, 1.54) is 17.1 Å². The number of hydrogen-bond acceptors (Lipinski definition) is 19. The Labute approximate surface area is 499 Å². The van der Waals surface area contributed by atoms with E-state index in [-0.39, 0.29) is 61.0 Å². The molecule has 3 N–H and O–H groups in total. The summed E-state index contributed by atoms with van der Waals surface area (Å²) in [4.78, 5) is 58.8. The van der Waals surface area contributed by atoms with Crippen LogP contribution in [0.1, 0.15) is 112 Å². The molecule has 4 aromatic rings. The van der Waals surface area contributed by atoms with Gasteiger partial charge in [-0.15, -0.1) is 0 Å². The van der Waals surface area contributed by atoms with Gasteiger partial charge in [0.15, 0.2) is 5.60 Å². The average Bonchev–Trinajstić information content (AvgIpc) is 2.15. The third-order valence-corrected chi connectivity index (χ3v) is 18.3. The van der Waals surface area contributed by atoms with Gasteiger partial charge in [0.1, 0.15) is 19.0 Å². The fourth-order valence-corrected chi connectivity index (χ4v) is 12.0.